The first-order valence-corrected chi connectivity index (χ1v) is 6.79. The molecule has 0 aliphatic carbocycles. The van der Waals surface area contributed by atoms with Crippen molar-refractivity contribution in [3.05, 3.63) is 41.9 Å². The van der Waals surface area contributed by atoms with Gasteiger partial charge in [0.15, 0.2) is 11.7 Å². The highest BCUT2D eigenvalue weighted by Crippen LogP contribution is 2.22. The zero-order chi connectivity index (χ0) is 15.2. The molecule has 1 unspecified atom stereocenters. The normalized spacial score (nSPS) is 18.4. The van der Waals surface area contributed by atoms with E-state index in [4.69, 9.17) is 11.5 Å². The Morgan fingerprint density at radius 1 is 1.33 bits per heavy atom. The summed E-state index contributed by atoms with van der Waals surface area (Å²) in [6, 6.07) is 7.41. The number of aliphatic imine (C=N–C) groups is 1. The summed E-state index contributed by atoms with van der Waals surface area (Å²) in [5.41, 5.74) is 12.5. The van der Waals surface area contributed by atoms with Gasteiger partial charge in [0, 0.05) is 18.4 Å². The maximum absolute atomic E-state index is 13.4. The Morgan fingerprint density at radius 3 is 2.71 bits per heavy atom. The Balaban J connectivity index is 1.99. The molecule has 0 aromatic heterocycles. The van der Waals surface area contributed by atoms with E-state index in [1.807, 2.05) is 12.1 Å². The van der Waals surface area contributed by atoms with E-state index in [1.54, 1.807) is 12.1 Å². The second-order valence-corrected chi connectivity index (χ2v) is 4.73. The first kappa shape index (κ1) is 15.4. The van der Waals surface area contributed by atoms with Gasteiger partial charge in [-0.25, -0.2) is 9.38 Å². The average Bonchev–Trinajstić information content (AvgIpc) is 2.48. The molecule has 0 radical (unpaired) electrons. The van der Waals surface area contributed by atoms with Crippen LogP contribution < -0.4 is 21.7 Å². The molecule has 21 heavy (non-hydrogen) atoms. The van der Waals surface area contributed by atoms with Crippen molar-refractivity contribution in [2.45, 2.75) is 19.3 Å². The van der Waals surface area contributed by atoms with Crippen molar-refractivity contribution >= 4 is 11.5 Å². The maximum atomic E-state index is 13.4. The minimum atomic E-state index is -1.21. The first-order chi connectivity index (χ1) is 10.1. The van der Waals surface area contributed by atoms with Gasteiger partial charge in [0.05, 0.1) is 0 Å². The number of hydrogen-bond donors (Lipinski definition) is 4. The van der Waals surface area contributed by atoms with Crippen LogP contribution in [0, 0.1) is 0 Å². The number of nitrogens with one attached hydrogen (secondary N) is 1. The predicted octanol–water partition coefficient (Wildman–Crippen LogP) is 0.389. The second kappa shape index (κ2) is 7.16. The molecule has 114 valence electrons. The van der Waals surface area contributed by atoms with Crippen LogP contribution >= 0.6 is 0 Å². The molecule has 0 spiro atoms. The van der Waals surface area contributed by atoms with Crippen LogP contribution in [-0.4, -0.2) is 30.4 Å². The molecule has 1 aliphatic rings. The molecule has 0 amide bonds. The third kappa shape index (κ3) is 4.01. The van der Waals surface area contributed by atoms with E-state index < -0.39 is 12.2 Å². The minimum absolute atomic E-state index is 0.292. The zero-order valence-electron chi connectivity index (χ0n) is 11.7. The van der Waals surface area contributed by atoms with E-state index in [2.05, 4.69) is 10.3 Å². The number of aliphatic hydroxyl groups excluding tert-OH is 1. The predicted molar refractivity (Wildman–Crippen MR) is 81.1 cm³/mol. The van der Waals surface area contributed by atoms with Gasteiger partial charge in [-0.05, 0) is 37.2 Å². The molecular weight excluding hydrogens is 273 g/mol. The molecule has 6 nitrogen and oxygen atoms in total. The number of nitrogens with zero attached hydrogens (tertiary/aromatic N) is 2. The van der Waals surface area contributed by atoms with Crippen LogP contribution in [0.4, 0.5) is 10.1 Å². The van der Waals surface area contributed by atoms with E-state index in [-0.39, 0.29) is 5.84 Å². The van der Waals surface area contributed by atoms with Crippen molar-refractivity contribution < 1.29 is 9.50 Å². The Hall–Kier alpha value is -1.96. The monoisotopic (exact) mass is 293 g/mol. The third-order valence-corrected chi connectivity index (χ3v) is 3.12. The van der Waals surface area contributed by atoms with Crippen molar-refractivity contribution in [3.63, 3.8) is 0 Å². The number of nitrogens with two attached hydrogens (primary N) is 2. The molecule has 1 aromatic carbocycles. The molecular formula is C14H20FN5O. The van der Waals surface area contributed by atoms with Crippen molar-refractivity contribution in [1.29, 1.82) is 0 Å². The van der Waals surface area contributed by atoms with Crippen LogP contribution in [0.2, 0.25) is 0 Å². The summed E-state index contributed by atoms with van der Waals surface area (Å²) in [5.74, 6) is -0.952. The van der Waals surface area contributed by atoms with Gasteiger partial charge in [0.2, 0.25) is 6.35 Å². The van der Waals surface area contributed by atoms with Crippen LogP contribution in [0.5, 0.6) is 0 Å². The maximum Gasteiger partial charge on any atom is 0.231 e. The van der Waals surface area contributed by atoms with Gasteiger partial charge in [0.1, 0.15) is 0 Å². The quantitative estimate of drug-likeness (QED) is 0.569. The minimum Gasteiger partial charge on any atom is -0.381 e. The lowest BCUT2D eigenvalue weighted by Crippen LogP contribution is -2.36. The van der Waals surface area contributed by atoms with E-state index >= 15 is 0 Å². The third-order valence-electron chi connectivity index (χ3n) is 3.12. The fourth-order valence-electron chi connectivity index (χ4n) is 1.96. The van der Waals surface area contributed by atoms with Crippen molar-refractivity contribution in [2.75, 3.05) is 18.0 Å². The van der Waals surface area contributed by atoms with Crippen LogP contribution in [-0.2, 0) is 6.54 Å². The van der Waals surface area contributed by atoms with Crippen molar-refractivity contribution in [3.8, 4) is 0 Å². The van der Waals surface area contributed by atoms with Crippen molar-refractivity contribution in [2.24, 2.45) is 16.5 Å². The lowest BCUT2D eigenvalue weighted by Gasteiger charge is -2.27. The molecule has 1 aromatic rings. The highest BCUT2D eigenvalue weighted by molar-refractivity contribution is 5.96. The molecule has 0 saturated carbocycles. The standard InChI is InChI=1S/C14H20FN5O/c15-12-9-20(14(21)19-13(12)17)11-4-2-10(3-5-11)8-18-7-1-6-16/h2-5,9,14,18,21H,1,6-8,16H2,(H2,17,19). The van der Waals surface area contributed by atoms with Crippen LogP contribution in [0.15, 0.2) is 41.3 Å². The Kier molecular flexibility index (Phi) is 5.26. The molecule has 0 fully saturated rings. The molecule has 2 rings (SSSR count). The van der Waals surface area contributed by atoms with Crippen molar-refractivity contribution in [1.82, 2.24) is 5.32 Å². The van der Waals surface area contributed by atoms with Gasteiger partial charge in [0.25, 0.3) is 0 Å². The number of hydrogen-bond acceptors (Lipinski definition) is 6. The summed E-state index contributed by atoms with van der Waals surface area (Å²) in [6.07, 6.45) is 0.862. The van der Waals surface area contributed by atoms with Crippen LogP contribution in [0.1, 0.15) is 12.0 Å². The summed E-state index contributed by atoms with van der Waals surface area (Å²) >= 11 is 0. The van der Waals surface area contributed by atoms with E-state index in [0.29, 0.717) is 12.2 Å². The SMILES string of the molecule is NCCCNCc1ccc(N2C=C(F)C(N)=NC2O)cc1. The van der Waals surface area contributed by atoms with Gasteiger partial charge >= 0.3 is 0 Å². The summed E-state index contributed by atoms with van der Waals surface area (Å²) in [4.78, 5) is 4.94. The van der Waals surface area contributed by atoms with Gasteiger partial charge in [-0.1, -0.05) is 12.1 Å². The molecule has 7 heteroatoms. The van der Waals surface area contributed by atoms with Gasteiger partial charge in [-0.2, -0.15) is 0 Å². The summed E-state index contributed by atoms with van der Waals surface area (Å²) in [6.45, 7) is 2.27. The molecule has 6 N–H and O–H groups in total. The highest BCUT2D eigenvalue weighted by Gasteiger charge is 2.21. The molecule has 0 bridgehead atoms. The average molecular weight is 293 g/mol. The number of halogens is 1. The zero-order valence-corrected chi connectivity index (χ0v) is 11.7. The number of amidine groups is 1. The Morgan fingerprint density at radius 2 is 2.05 bits per heavy atom. The van der Waals surface area contributed by atoms with Gasteiger partial charge in [-0.15, -0.1) is 0 Å². The largest absolute Gasteiger partial charge is 0.381 e. The van der Waals surface area contributed by atoms with Crippen LogP contribution in [0.25, 0.3) is 0 Å². The lowest BCUT2D eigenvalue weighted by molar-refractivity contribution is 0.186. The summed E-state index contributed by atoms with van der Waals surface area (Å²) < 4.78 is 13.4. The van der Waals surface area contributed by atoms with E-state index in [0.717, 1.165) is 31.3 Å². The lowest BCUT2D eigenvalue weighted by atomic mass is 10.2. The number of benzene rings is 1. The molecule has 1 heterocycles. The Labute approximate surface area is 123 Å². The summed E-state index contributed by atoms with van der Waals surface area (Å²) in [7, 11) is 0. The van der Waals surface area contributed by atoms with E-state index in [1.165, 1.54) is 4.90 Å². The van der Waals surface area contributed by atoms with Gasteiger partial charge in [-0.3, -0.25) is 0 Å². The molecule has 0 saturated heterocycles. The molecule has 1 aliphatic heterocycles. The number of anilines is 1. The fourth-order valence-corrected chi connectivity index (χ4v) is 1.96. The first-order valence-electron chi connectivity index (χ1n) is 6.79. The highest BCUT2D eigenvalue weighted by atomic mass is 19.1. The molecule has 1 atom stereocenters. The smallest absolute Gasteiger partial charge is 0.231 e. The summed E-state index contributed by atoms with van der Waals surface area (Å²) in [5, 5.41) is 13.1. The van der Waals surface area contributed by atoms with Crippen LogP contribution in [0.3, 0.4) is 0 Å². The van der Waals surface area contributed by atoms with E-state index in [9.17, 15) is 9.50 Å². The number of rotatable bonds is 6. The fraction of sp³-hybridized carbons (Fsp3) is 0.357. The second-order valence-electron chi connectivity index (χ2n) is 4.73. The van der Waals surface area contributed by atoms with Gasteiger partial charge < -0.3 is 26.8 Å². The number of aliphatic hydroxyl groups is 1. The topological polar surface area (TPSA) is 99.9 Å². The Bertz CT molecular complexity index is 529.